The summed E-state index contributed by atoms with van der Waals surface area (Å²) in [5, 5.41) is 0. The fourth-order valence-electron chi connectivity index (χ4n) is 1.22. The van der Waals surface area contributed by atoms with Crippen molar-refractivity contribution in [1.29, 1.82) is 0 Å². The highest BCUT2D eigenvalue weighted by molar-refractivity contribution is 9.10. The van der Waals surface area contributed by atoms with E-state index in [4.69, 9.17) is 4.42 Å². The zero-order chi connectivity index (χ0) is 12.1. The number of halogens is 4. The molecular weight excluding hydrogens is 293 g/mol. The van der Waals surface area contributed by atoms with Gasteiger partial charge in [-0.25, -0.2) is 4.40 Å². The molecule has 2 aromatic heterocycles. The zero-order valence-corrected chi connectivity index (χ0v) is 9.39. The summed E-state index contributed by atoms with van der Waals surface area (Å²) >= 11 is 2.59. The average molecular weight is 297 g/mol. The van der Waals surface area contributed by atoms with Crippen molar-refractivity contribution in [1.82, 2.24) is 9.38 Å². The number of rotatable bonds is 0. The van der Waals surface area contributed by atoms with Crippen molar-refractivity contribution in [3.05, 3.63) is 32.5 Å². The number of nitrogens with zero attached hydrogens (tertiary/aromatic N) is 2. The molecule has 86 valence electrons. The van der Waals surface area contributed by atoms with Crippen LogP contribution < -0.4 is 5.56 Å². The van der Waals surface area contributed by atoms with Crippen LogP contribution in [-0.2, 0) is 6.18 Å². The van der Waals surface area contributed by atoms with Crippen molar-refractivity contribution in [3.8, 4) is 0 Å². The van der Waals surface area contributed by atoms with Crippen molar-refractivity contribution in [2.75, 3.05) is 0 Å². The molecule has 0 atom stereocenters. The maximum atomic E-state index is 12.5. The highest BCUT2D eigenvalue weighted by atomic mass is 79.9. The van der Waals surface area contributed by atoms with Crippen LogP contribution in [0.25, 0.3) is 5.84 Å². The Morgan fingerprint density at radius 1 is 1.50 bits per heavy atom. The van der Waals surface area contributed by atoms with Gasteiger partial charge in [-0.1, -0.05) is 0 Å². The van der Waals surface area contributed by atoms with Crippen LogP contribution in [0.5, 0.6) is 0 Å². The first-order valence-electron chi connectivity index (χ1n) is 4.06. The topological polar surface area (TPSA) is 47.5 Å². The van der Waals surface area contributed by atoms with E-state index in [-0.39, 0.29) is 5.84 Å². The lowest BCUT2D eigenvalue weighted by Gasteiger charge is -2.06. The van der Waals surface area contributed by atoms with Gasteiger partial charge < -0.3 is 4.42 Å². The Bertz CT molecular complexity index is 614. The van der Waals surface area contributed by atoms with Crippen LogP contribution in [0.15, 0.2) is 19.9 Å². The van der Waals surface area contributed by atoms with Crippen LogP contribution in [0.2, 0.25) is 0 Å². The second-order valence-corrected chi connectivity index (χ2v) is 3.86. The molecule has 0 N–H and O–H groups in total. The number of hydrogen-bond donors (Lipinski definition) is 0. The van der Waals surface area contributed by atoms with Gasteiger partial charge in [-0.3, -0.25) is 4.79 Å². The molecule has 0 radical (unpaired) electrons. The molecule has 0 aliphatic rings. The predicted octanol–water partition coefficient (Wildman–Crippen LogP) is 2.38. The molecule has 0 aliphatic carbocycles. The fourth-order valence-corrected chi connectivity index (χ4v) is 1.72. The molecule has 0 spiro atoms. The molecule has 2 aromatic rings. The largest absolute Gasteiger partial charge is 0.434 e. The van der Waals surface area contributed by atoms with Gasteiger partial charge in [-0.05, 0) is 22.9 Å². The molecule has 0 saturated heterocycles. The number of hydrogen-bond acceptors (Lipinski definition) is 3. The van der Waals surface area contributed by atoms with Crippen molar-refractivity contribution < 1.29 is 17.6 Å². The monoisotopic (exact) mass is 296 g/mol. The second-order valence-electron chi connectivity index (χ2n) is 3.07. The molecule has 0 unspecified atom stereocenters. The molecule has 4 nitrogen and oxygen atoms in total. The minimum atomic E-state index is -4.70. The summed E-state index contributed by atoms with van der Waals surface area (Å²) in [4.78, 5) is 14.8. The molecule has 16 heavy (non-hydrogen) atoms. The van der Waals surface area contributed by atoms with E-state index in [2.05, 4.69) is 20.9 Å². The number of aromatic nitrogens is 2. The van der Waals surface area contributed by atoms with E-state index in [0.29, 0.717) is 5.76 Å². The van der Waals surface area contributed by atoms with Gasteiger partial charge in [0.25, 0.3) is 5.56 Å². The molecule has 0 aromatic carbocycles. The zero-order valence-electron chi connectivity index (χ0n) is 7.80. The van der Waals surface area contributed by atoms with Gasteiger partial charge in [0, 0.05) is 0 Å². The highest BCUT2D eigenvalue weighted by Crippen LogP contribution is 2.31. The van der Waals surface area contributed by atoms with E-state index in [1.165, 1.54) is 13.1 Å². The molecule has 0 aliphatic heterocycles. The van der Waals surface area contributed by atoms with Crippen LogP contribution in [0.4, 0.5) is 13.2 Å². The predicted molar refractivity (Wildman–Crippen MR) is 51.2 cm³/mol. The Kier molecular flexibility index (Phi) is 2.33. The average Bonchev–Trinajstić information content (AvgIpc) is 2.51. The molecule has 8 heteroatoms. The van der Waals surface area contributed by atoms with Gasteiger partial charge in [-0.15, -0.1) is 0 Å². The second kappa shape index (κ2) is 3.34. The molecule has 0 saturated carbocycles. The van der Waals surface area contributed by atoms with Crippen molar-refractivity contribution in [2.24, 2.45) is 0 Å². The van der Waals surface area contributed by atoms with E-state index in [0.717, 1.165) is 4.40 Å². The first-order chi connectivity index (χ1) is 7.30. The van der Waals surface area contributed by atoms with E-state index in [9.17, 15) is 18.0 Å². The lowest BCUT2D eigenvalue weighted by molar-refractivity contribution is -0.141. The highest BCUT2D eigenvalue weighted by Gasteiger charge is 2.37. The number of aryl methyl sites for hydroxylation is 1. The van der Waals surface area contributed by atoms with Gasteiger partial charge in [0.2, 0.25) is 0 Å². The summed E-state index contributed by atoms with van der Waals surface area (Å²) in [7, 11) is 0. The molecule has 2 rings (SSSR count). The van der Waals surface area contributed by atoms with Gasteiger partial charge in [0.1, 0.15) is 10.2 Å². The first-order valence-corrected chi connectivity index (χ1v) is 4.85. The Balaban J connectivity index is 2.89. The molecule has 2 heterocycles. The molecular formula is C8H4BrF3N2O2. The van der Waals surface area contributed by atoms with Crippen LogP contribution in [0.3, 0.4) is 0 Å². The van der Waals surface area contributed by atoms with E-state index < -0.39 is 21.9 Å². The minimum absolute atomic E-state index is 0.302. The van der Waals surface area contributed by atoms with Crippen LogP contribution in [0.1, 0.15) is 11.5 Å². The van der Waals surface area contributed by atoms with Crippen molar-refractivity contribution in [2.45, 2.75) is 13.1 Å². The smallest absolute Gasteiger partial charge is 0.428 e. The third-order valence-corrected chi connectivity index (χ3v) is 2.57. The summed E-state index contributed by atoms with van der Waals surface area (Å²) in [6.45, 7) is 1.51. The maximum absolute atomic E-state index is 12.5. The lowest BCUT2D eigenvalue weighted by atomic mass is 10.4. The third kappa shape index (κ3) is 1.62. The normalized spacial score (nSPS) is 12.3. The van der Waals surface area contributed by atoms with Gasteiger partial charge >= 0.3 is 12.0 Å². The summed E-state index contributed by atoms with van der Waals surface area (Å²) in [5.74, 6) is -0.0751. The standard InChI is InChI=1S/C8H4BrF3N2O2/c1-3-2-14-6(15)4(9)5(8(10,11)12)13-7(14)16-3/h2H,1H3. The van der Waals surface area contributed by atoms with E-state index in [1.54, 1.807) is 0 Å². The van der Waals surface area contributed by atoms with E-state index in [1.807, 2.05) is 0 Å². The number of oxazole rings is 1. The summed E-state index contributed by atoms with van der Waals surface area (Å²) < 4.78 is 42.6. The van der Waals surface area contributed by atoms with Crippen molar-refractivity contribution in [3.63, 3.8) is 0 Å². The van der Waals surface area contributed by atoms with Gasteiger partial charge in [0.05, 0.1) is 6.20 Å². The summed E-state index contributed by atoms with van der Waals surface area (Å²) in [5.41, 5.74) is -2.14. The molecule has 0 bridgehead atoms. The third-order valence-electron chi connectivity index (χ3n) is 1.86. The van der Waals surface area contributed by atoms with Gasteiger partial charge in [0.15, 0.2) is 5.69 Å². The lowest BCUT2D eigenvalue weighted by Crippen LogP contribution is -2.21. The summed E-state index contributed by atoms with van der Waals surface area (Å²) in [6, 6.07) is 0. The molecule has 0 amide bonds. The van der Waals surface area contributed by atoms with Crippen LogP contribution in [0, 0.1) is 6.92 Å². The maximum Gasteiger partial charge on any atom is 0.434 e. The Hall–Kier alpha value is -1.31. The Labute approximate surface area is 94.8 Å². The van der Waals surface area contributed by atoms with Crippen LogP contribution >= 0.6 is 15.9 Å². The summed E-state index contributed by atoms with van der Waals surface area (Å²) in [6.07, 6.45) is -3.43. The molecule has 0 fully saturated rings. The SMILES string of the molecule is Cc1cn2c(=O)c(Br)c(C(F)(F)F)nc2o1. The fraction of sp³-hybridized carbons (Fsp3) is 0.250. The van der Waals surface area contributed by atoms with Crippen LogP contribution in [-0.4, -0.2) is 9.38 Å². The quantitative estimate of drug-likeness (QED) is 0.750. The number of fused-ring (bicyclic) bond motifs is 1. The van der Waals surface area contributed by atoms with Crippen molar-refractivity contribution >= 4 is 21.8 Å². The minimum Gasteiger partial charge on any atom is -0.428 e. The first kappa shape index (κ1) is 11.2. The van der Waals surface area contributed by atoms with E-state index >= 15 is 0 Å². The Morgan fingerprint density at radius 2 is 2.12 bits per heavy atom. The number of alkyl halides is 3. The Morgan fingerprint density at radius 3 is 2.69 bits per heavy atom. The van der Waals surface area contributed by atoms with Gasteiger partial charge in [-0.2, -0.15) is 18.2 Å².